The van der Waals surface area contributed by atoms with Gasteiger partial charge in [0.05, 0.1) is 22.5 Å². The van der Waals surface area contributed by atoms with Crippen molar-refractivity contribution in [3.63, 3.8) is 0 Å². The van der Waals surface area contributed by atoms with Gasteiger partial charge in [0, 0.05) is 39.3 Å². The molecule has 0 bridgehead atoms. The molecule has 9 nitrogen and oxygen atoms in total. The maximum atomic E-state index is 13.4. The third-order valence-corrected chi connectivity index (χ3v) is 10.6. The van der Waals surface area contributed by atoms with Crippen molar-refractivity contribution in [2.75, 3.05) is 46.4 Å². The predicted molar refractivity (Wildman–Crippen MR) is 136 cm³/mol. The minimum absolute atomic E-state index is 0.0640. The first-order valence-electron chi connectivity index (χ1n) is 12.2. The van der Waals surface area contributed by atoms with Crippen LogP contribution in [-0.2, 0) is 20.0 Å². The highest BCUT2D eigenvalue weighted by Gasteiger charge is 2.32. The van der Waals surface area contributed by atoms with Crippen LogP contribution >= 0.6 is 0 Å². The second-order valence-electron chi connectivity index (χ2n) is 9.19. The highest BCUT2D eigenvalue weighted by atomic mass is 32.2. The second-order valence-corrected chi connectivity index (χ2v) is 13.1. The Morgan fingerprint density at radius 2 is 1.25 bits per heavy atom. The van der Waals surface area contributed by atoms with Crippen LogP contribution in [0.4, 0.5) is 0 Å². The van der Waals surface area contributed by atoms with Crippen LogP contribution in [0.5, 0.6) is 5.75 Å². The maximum absolute atomic E-state index is 13.4. The number of ether oxygens (including phenoxy) is 1. The van der Waals surface area contributed by atoms with Gasteiger partial charge >= 0.3 is 0 Å². The van der Waals surface area contributed by atoms with Gasteiger partial charge in [0.1, 0.15) is 5.75 Å². The number of aryl methyl sites for hydroxylation is 1. The fraction of sp³-hybridized carbons (Fsp3) is 0.480. The van der Waals surface area contributed by atoms with Crippen molar-refractivity contribution >= 4 is 26.0 Å². The Labute approximate surface area is 213 Å². The molecule has 2 aromatic rings. The summed E-state index contributed by atoms with van der Waals surface area (Å²) in [4.78, 5) is 15.3. The fourth-order valence-corrected chi connectivity index (χ4v) is 7.57. The number of methoxy groups -OCH3 is 1. The van der Waals surface area contributed by atoms with Crippen LogP contribution in [0, 0.1) is 6.92 Å². The molecule has 2 heterocycles. The lowest BCUT2D eigenvalue weighted by molar-refractivity contribution is 0.0694. The summed E-state index contributed by atoms with van der Waals surface area (Å²) in [5.41, 5.74) is 1.13. The molecule has 2 saturated heterocycles. The van der Waals surface area contributed by atoms with Crippen LogP contribution in [0.1, 0.15) is 41.6 Å². The standard InChI is InChI=1S/C25H33N3O6S2/c1-20-7-9-21(10-8-20)35(30,31)28-17-15-26(16-18-28)25(29)23-19-22(11-12-24(23)34-2)36(32,33)27-13-5-3-4-6-14-27/h7-12,19H,3-6,13-18H2,1-2H3. The van der Waals surface area contributed by atoms with Crippen molar-refractivity contribution in [2.24, 2.45) is 0 Å². The molecule has 0 spiro atoms. The molecular formula is C25H33N3O6S2. The molecule has 0 unspecified atom stereocenters. The molecule has 0 atom stereocenters. The van der Waals surface area contributed by atoms with E-state index in [1.165, 1.54) is 33.9 Å². The first-order chi connectivity index (χ1) is 17.1. The number of amides is 1. The van der Waals surface area contributed by atoms with Crippen molar-refractivity contribution in [1.82, 2.24) is 13.5 Å². The summed E-state index contributed by atoms with van der Waals surface area (Å²) in [5.74, 6) is -0.100. The first-order valence-corrected chi connectivity index (χ1v) is 15.1. The van der Waals surface area contributed by atoms with E-state index in [1.807, 2.05) is 6.92 Å². The van der Waals surface area contributed by atoms with Gasteiger partial charge in [0.15, 0.2) is 0 Å². The lowest BCUT2D eigenvalue weighted by Gasteiger charge is -2.34. The third kappa shape index (κ3) is 5.44. The van der Waals surface area contributed by atoms with E-state index < -0.39 is 20.0 Å². The Kier molecular flexibility index (Phi) is 8.03. The van der Waals surface area contributed by atoms with Crippen molar-refractivity contribution in [3.8, 4) is 5.75 Å². The monoisotopic (exact) mass is 535 g/mol. The van der Waals surface area contributed by atoms with E-state index in [4.69, 9.17) is 4.74 Å². The van der Waals surface area contributed by atoms with Crippen LogP contribution in [-0.4, -0.2) is 82.6 Å². The molecule has 2 aromatic carbocycles. The van der Waals surface area contributed by atoms with Gasteiger partial charge in [-0.2, -0.15) is 8.61 Å². The van der Waals surface area contributed by atoms with E-state index in [1.54, 1.807) is 29.2 Å². The summed E-state index contributed by atoms with van der Waals surface area (Å²) in [7, 11) is -5.97. The zero-order valence-corrected chi connectivity index (χ0v) is 22.4. The van der Waals surface area contributed by atoms with Gasteiger partial charge < -0.3 is 9.64 Å². The number of carbonyl (C=O) groups excluding carboxylic acids is 1. The Morgan fingerprint density at radius 1 is 0.722 bits per heavy atom. The van der Waals surface area contributed by atoms with Crippen LogP contribution in [0.25, 0.3) is 0 Å². The Hall–Kier alpha value is -2.47. The van der Waals surface area contributed by atoms with E-state index in [-0.39, 0.29) is 53.2 Å². The normalized spacial score (nSPS) is 18.6. The van der Waals surface area contributed by atoms with Crippen molar-refractivity contribution < 1.29 is 26.4 Å². The molecule has 0 radical (unpaired) electrons. The Morgan fingerprint density at radius 3 is 1.83 bits per heavy atom. The molecule has 0 aliphatic carbocycles. The Bertz CT molecular complexity index is 1290. The molecule has 0 saturated carbocycles. The summed E-state index contributed by atoms with van der Waals surface area (Å²) in [6.07, 6.45) is 3.64. The van der Waals surface area contributed by atoms with Gasteiger partial charge in [0.25, 0.3) is 5.91 Å². The third-order valence-electron chi connectivity index (χ3n) is 6.79. The zero-order valence-electron chi connectivity index (χ0n) is 20.7. The largest absolute Gasteiger partial charge is 0.496 e. The topological polar surface area (TPSA) is 104 Å². The quantitative estimate of drug-likeness (QED) is 0.563. The number of nitrogens with zero attached hydrogens (tertiary/aromatic N) is 3. The van der Waals surface area contributed by atoms with Gasteiger partial charge in [-0.25, -0.2) is 16.8 Å². The van der Waals surface area contributed by atoms with Crippen LogP contribution in [0.3, 0.4) is 0 Å². The summed E-state index contributed by atoms with van der Waals surface area (Å²) in [5, 5.41) is 0. The van der Waals surface area contributed by atoms with E-state index in [0.29, 0.717) is 13.1 Å². The van der Waals surface area contributed by atoms with Crippen molar-refractivity contribution in [1.29, 1.82) is 0 Å². The first kappa shape index (κ1) is 26.6. The maximum Gasteiger partial charge on any atom is 0.257 e. The molecule has 0 aromatic heterocycles. The van der Waals surface area contributed by atoms with Gasteiger partial charge in [0.2, 0.25) is 20.0 Å². The molecule has 36 heavy (non-hydrogen) atoms. The minimum atomic E-state index is -3.74. The molecular weight excluding hydrogens is 502 g/mol. The number of benzene rings is 2. The molecule has 196 valence electrons. The van der Waals surface area contributed by atoms with Crippen molar-refractivity contribution in [3.05, 3.63) is 53.6 Å². The number of carbonyl (C=O) groups is 1. The summed E-state index contributed by atoms with van der Waals surface area (Å²) >= 11 is 0. The number of hydrogen-bond donors (Lipinski definition) is 0. The molecule has 1 amide bonds. The van der Waals surface area contributed by atoms with Crippen LogP contribution in [0.2, 0.25) is 0 Å². The number of rotatable bonds is 6. The smallest absolute Gasteiger partial charge is 0.257 e. The lowest BCUT2D eigenvalue weighted by Crippen LogP contribution is -2.50. The molecule has 2 aliphatic rings. The highest BCUT2D eigenvalue weighted by Crippen LogP contribution is 2.28. The fourth-order valence-electron chi connectivity index (χ4n) is 4.61. The molecule has 11 heteroatoms. The average molecular weight is 536 g/mol. The minimum Gasteiger partial charge on any atom is -0.496 e. The zero-order chi connectivity index (χ0) is 25.9. The average Bonchev–Trinajstić information content (AvgIpc) is 3.18. The molecule has 2 aliphatic heterocycles. The summed E-state index contributed by atoms with van der Waals surface area (Å²) in [6.45, 7) is 3.51. The predicted octanol–water partition coefficient (Wildman–Crippen LogP) is 2.72. The van der Waals surface area contributed by atoms with Crippen LogP contribution < -0.4 is 4.74 Å². The SMILES string of the molecule is COc1ccc(S(=O)(=O)N2CCCCCC2)cc1C(=O)N1CCN(S(=O)(=O)c2ccc(C)cc2)CC1. The van der Waals surface area contributed by atoms with Gasteiger partial charge in [-0.05, 0) is 50.1 Å². The second kappa shape index (κ2) is 10.9. The lowest BCUT2D eigenvalue weighted by atomic mass is 10.1. The molecule has 2 fully saturated rings. The van der Waals surface area contributed by atoms with Gasteiger partial charge in [-0.15, -0.1) is 0 Å². The molecule has 4 rings (SSSR count). The van der Waals surface area contributed by atoms with E-state index in [0.717, 1.165) is 31.2 Å². The Balaban J connectivity index is 1.52. The van der Waals surface area contributed by atoms with Gasteiger partial charge in [-0.3, -0.25) is 4.79 Å². The number of sulfonamides is 2. The van der Waals surface area contributed by atoms with Crippen LogP contribution in [0.15, 0.2) is 52.3 Å². The molecule has 0 N–H and O–H groups in total. The van der Waals surface area contributed by atoms with Crippen molar-refractivity contribution in [2.45, 2.75) is 42.4 Å². The number of piperazine rings is 1. The number of hydrogen-bond acceptors (Lipinski definition) is 6. The van der Waals surface area contributed by atoms with Gasteiger partial charge in [-0.1, -0.05) is 30.5 Å². The highest BCUT2D eigenvalue weighted by molar-refractivity contribution is 7.89. The van der Waals surface area contributed by atoms with E-state index in [9.17, 15) is 21.6 Å². The summed E-state index contributed by atoms with van der Waals surface area (Å²) in [6, 6.07) is 11.1. The van der Waals surface area contributed by atoms with E-state index in [2.05, 4.69) is 0 Å². The van der Waals surface area contributed by atoms with E-state index >= 15 is 0 Å². The summed E-state index contributed by atoms with van der Waals surface area (Å²) < 4.78 is 60.8.